The van der Waals surface area contributed by atoms with Crippen LogP contribution in [0.2, 0.25) is 0 Å². The first-order valence-corrected chi connectivity index (χ1v) is 12.7. The number of aryl methyl sites for hydroxylation is 1. The van der Waals surface area contributed by atoms with Gasteiger partial charge in [0.25, 0.3) is 5.91 Å². The highest BCUT2D eigenvalue weighted by Crippen LogP contribution is 2.39. The van der Waals surface area contributed by atoms with Gasteiger partial charge in [0.05, 0.1) is 12.2 Å². The highest BCUT2D eigenvalue weighted by atomic mass is 32.1. The Hall–Kier alpha value is -2.92. The van der Waals surface area contributed by atoms with E-state index in [1.165, 1.54) is 29.7 Å². The summed E-state index contributed by atoms with van der Waals surface area (Å²) in [6, 6.07) is 17.6. The van der Waals surface area contributed by atoms with E-state index in [2.05, 4.69) is 19.2 Å². The second kappa shape index (κ2) is 11.3. The molecule has 5 heteroatoms. The van der Waals surface area contributed by atoms with Gasteiger partial charge in [-0.05, 0) is 61.4 Å². The number of ether oxygens (including phenoxy) is 1. The van der Waals surface area contributed by atoms with E-state index in [0.717, 1.165) is 46.8 Å². The summed E-state index contributed by atoms with van der Waals surface area (Å²) in [5.41, 5.74) is 3.64. The molecule has 0 spiro atoms. The van der Waals surface area contributed by atoms with Crippen LogP contribution in [0.4, 0.5) is 10.7 Å². The zero-order valence-corrected chi connectivity index (χ0v) is 20.3. The first kappa shape index (κ1) is 23.2. The summed E-state index contributed by atoms with van der Waals surface area (Å²) in [5, 5.41) is 3.87. The van der Waals surface area contributed by atoms with Crippen LogP contribution < -0.4 is 10.1 Å². The van der Waals surface area contributed by atoms with E-state index in [9.17, 15) is 4.79 Å². The minimum atomic E-state index is -0.0734. The summed E-state index contributed by atoms with van der Waals surface area (Å²) in [5.74, 6) is 1.19. The summed E-state index contributed by atoms with van der Waals surface area (Å²) in [6.07, 6.45) is 8.55. The first-order valence-electron chi connectivity index (χ1n) is 11.9. The molecule has 1 aromatic heterocycles. The van der Waals surface area contributed by atoms with Crippen molar-refractivity contribution < 1.29 is 9.53 Å². The van der Waals surface area contributed by atoms with Crippen molar-refractivity contribution in [2.45, 2.75) is 52.4 Å². The van der Waals surface area contributed by atoms with Crippen LogP contribution >= 0.6 is 11.3 Å². The number of benzene rings is 2. The largest absolute Gasteiger partial charge is 0.493 e. The number of carbonyl (C=O) groups is 1. The molecular formula is C28H32N2O2S. The van der Waals surface area contributed by atoms with E-state index >= 15 is 0 Å². The maximum Gasteiger partial charge on any atom is 0.259 e. The van der Waals surface area contributed by atoms with Crippen LogP contribution in [-0.2, 0) is 12.8 Å². The van der Waals surface area contributed by atoms with Crippen molar-refractivity contribution >= 4 is 34.1 Å². The molecule has 0 radical (unpaired) electrons. The number of rotatable bonds is 7. The topological polar surface area (TPSA) is 50.7 Å². The quantitative estimate of drug-likeness (QED) is 0.372. The van der Waals surface area contributed by atoms with E-state index < -0.39 is 0 Å². The highest BCUT2D eigenvalue weighted by molar-refractivity contribution is 7.16. The molecule has 3 aromatic rings. The van der Waals surface area contributed by atoms with Gasteiger partial charge in [-0.15, -0.1) is 11.3 Å². The molecular weight excluding hydrogens is 428 g/mol. The van der Waals surface area contributed by atoms with E-state index in [-0.39, 0.29) is 5.91 Å². The Bertz CT molecular complexity index is 1100. The molecule has 0 bridgehead atoms. The minimum Gasteiger partial charge on any atom is -0.493 e. The Morgan fingerprint density at radius 1 is 1.03 bits per heavy atom. The van der Waals surface area contributed by atoms with Crippen LogP contribution in [0, 0.1) is 5.92 Å². The third-order valence-electron chi connectivity index (χ3n) is 5.72. The summed E-state index contributed by atoms with van der Waals surface area (Å²) >= 11 is 1.67. The molecule has 0 atom stereocenters. The van der Waals surface area contributed by atoms with E-state index in [4.69, 9.17) is 9.73 Å². The number of aliphatic imine (C=N–C) groups is 1. The van der Waals surface area contributed by atoms with Crippen molar-refractivity contribution in [1.82, 2.24) is 0 Å². The molecule has 0 saturated heterocycles. The Balaban J connectivity index is 1.68. The lowest BCUT2D eigenvalue weighted by atomic mass is 9.96. The molecule has 172 valence electrons. The number of nitrogens with one attached hydrogen (secondary N) is 1. The van der Waals surface area contributed by atoms with Crippen molar-refractivity contribution in [2.75, 3.05) is 11.9 Å². The number of carbonyl (C=O) groups excluding carboxylic acids is 1. The van der Waals surface area contributed by atoms with Crippen LogP contribution in [0.3, 0.4) is 0 Å². The average Bonchev–Trinajstić information content (AvgIpc) is 3.13. The van der Waals surface area contributed by atoms with Gasteiger partial charge in [-0.3, -0.25) is 4.79 Å². The SMILES string of the molecule is CC(C)COc1ccccc1C=Nc1sc2c(c1C(=O)Nc1ccccc1)CCCCCC2. The maximum absolute atomic E-state index is 13.4. The summed E-state index contributed by atoms with van der Waals surface area (Å²) in [7, 11) is 0. The summed E-state index contributed by atoms with van der Waals surface area (Å²) in [4.78, 5) is 19.6. The molecule has 0 aliphatic heterocycles. The fourth-order valence-electron chi connectivity index (χ4n) is 4.05. The molecule has 0 fully saturated rings. The fourth-order valence-corrected chi connectivity index (χ4v) is 5.28. The Labute approximate surface area is 200 Å². The standard InChI is InChI=1S/C28H32N2O2S/c1-20(2)19-32-24-16-11-10-12-21(24)18-29-28-26(27(31)30-22-13-6-5-7-14-22)23-15-8-3-4-9-17-25(23)33-28/h5-7,10-14,16,18,20H,3-4,8-9,15,17,19H2,1-2H3,(H,30,31). The van der Waals surface area contributed by atoms with Gasteiger partial charge in [-0.25, -0.2) is 4.99 Å². The first-order chi connectivity index (χ1) is 16.1. The molecule has 1 amide bonds. The number of amides is 1. The number of anilines is 1. The molecule has 33 heavy (non-hydrogen) atoms. The summed E-state index contributed by atoms with van der Waals surface area (Å²) in [6.45, 7) is 4.92. The molecule has 2 aromatic carbocycles. The van der Waals surface area contributed by atoms with Crippen LogP contribution in [0.5, 0.6) is 5.75 Å². The Kier molecular flexibility index (Phi) is 7.95. The second-order valence-electron chi connectivity index (χ2n) is 8.92. The molecule has 4 rings (SSSR count). The van der Waals surface area contributed by atoms with Gasteiger partial charge in [0.15, 0.2) is 0 Å². The number of hydrogen-bond acceptors (Lipinski definition) is 4. The predicted molar refractivity (Wildman–Crippen MR) is 139 cm³/mol. The van der Waals surface area contributed by atoms with E-state index in [1.807, 2.05) is 60.8 Å². The number of hydrogen-bond donors (Lipinski definition) is 1. The fraction of sp³-hybridized carbons (Fsp3) is 0.357. The molecule has 0 unspecified atom stereocenters. The van der Waals surface area contributed by atoms with Crippen LogP contribution in [0.25, 0.3) is 0 Å². The van der Waals surface area contributed by atoms with Crippen molar-refractivity contribution in [3.8, 4) is 5.75 Å². The maximum atomic E-state index is 13.4. The van der Waals surface area contributed by atoms with Gasteiger partial charge >= 0.3 is 0 Å². The lowest BCUT2D eigenvalue weighted by Gasteiger charge is -2.12. The third-order valence-corrected chi connectivity index (χ3v) is 6.92. The van der Waals surface area contributed by atoms with Crippen LogP contribution in [0.1, 0.15) is 65.9 Å². The van der Waals surface area contributed by atoms with Crippen LogP contribution in [0.15, 0.2) is 59.6 Å². The lowest BCUT2D eigenvalue weighted by molar-refractivity contribution is 0.102. The Morgan fingerprint density at radius 2 is 1.76 bits per heavy atom. The number of thiophene rings is 1. The number of nitrogens with zero attached hydrogens (tertiary/aromatic N) is 1. The second-order valence-corrected chi connectivity index (χ2v) is 10.0. The third kappa shape index (κ3) is 6.11. The van der Waals surface area contributed by atoms with Gasteiger partial charge in [0.1, 0.15) is 10.8 Å². The molecule has 1 heterocycles. The van der Waals surface area contributed by atoms with Gasteiger partial charge in [-0.1, -0.05) is 57.0 Å². The zero-order valence-electron chi connectivity index (χ0n) is 19.5. The molecule has 0 saturated carbocycles. The minimum absolute atomic E-state index is 0.0734. The van der Waals surface area contributed by atoms with Crippen molar-refractivity contribution in [2.24, 2.45) is 10.9 Å². The van der Waals surface area contributed by atoms with Gasteiger partial charge in [0.2, 0.25) is 0 Å². The van der Waals surface area contributed by atoms with Gasteiger partial charge < -0.3 is 10.1 Å². The van der Waals surface area contributed by atoms with Gasteiger partial charge in [0, 0.05) is 22.3 Å². The lowest BCUT2D eigenvalue weighted by Crippen LogP contribution is -2.14. The van der Waals surface area contributed by atoms with Crippen molar-refractivity contribution in [1.29, 1.82) is 0 Å². The van der Waals surface area contributed by atoms with E-state index in [0.29, 0.717) is 12.5 Å². The summed E-state index contributed by atoms with van der Waals surface area (Å²) < 4.78 is 5.99. The average molecular weight is 461 g/mol. The van der Waals surface area contributed by atoms with Crippen molar-refractivity contribution in [3.05, 3.63) is 76.2 Å². The van der Waals surface area contributed by atoms with Crippen molar-refractivity contribution in [3.63, 3.8) is 0 Å². The zero-order chi connectivity index (χ0) is 23.0. The Morgan fingerprint density at radius 3 is 2.55 bits per heavy atom. The monoisotopic (exact) mass is 460 g/mol. The highest BCUT2D eigenvalue weighted by Gasteiger charge is 2.24. The molecule has 1 aliphatic rings. The molecule has 4 nitrogen and oxygen atoms in total. The molecule has 1 aliphatic carbocycles. The number of fused-ring (bicyclic) bond motifs is 1. The number of para-hydroxylation sites is 2. The van der Waals surface area contributed by atoms with E-state index in [1.54, 1.807) is 11.3 Å². The molecule has 1 N–H and O–H groups in total. The van der Waals surface area contributed by atoms with Gasteiger partial charge in [-0.2, -0.15) is 0 Å². The smallest absolute Gasteiger partial charge is 0.259 e. The predicted octanol–water partition coefficient (Wildman–Crippen LogP) is 7.44. The normalized spacial score (nSPS) is 14.0. The van der Waals surface area contributed by atoms with Crippen LogP contribution in [-0.4, -0.2) is 18.7 Å².